The van der Waals surface area contributed by atoms with Gasteiger partial charge in [0.1, 0.15) is 17.8 Å². The number of benzene rings is 1. The van der Waals surface area contributed by atoms with Crippen molar-refractivity contribution in [1.82, 2.24) is 15.0 Å². The van der Waals surface area contributed by atoms with Crippen molar-refractivity contribution in [3.05, 3.63) is 53.3 Å². The average molecular weight is 441 g/mol. The first-order valence-electron chi connectivity index (χ1n) is 10.5. The maximum absolute atomic E-state index is 9.94. The van der Waals surface area contributed by atoms with Crippen molar-refractivity contribution in [2.75, 3.05) is 23.8 Å². The normalized spacial score (nSPS) is 16.5. The Morgan fingerprint density at radius 2 is 2.06 bits per heavy atom. The number of hydrogen-bond donors (Lipinski definition) is 3. The van der Waals surface area contributed by atoms with Gasteiger partial charge in [0.2, 0.25) is 11.8 Å². The van der Waals surface area contributed by atoms with Gasteiger partial charge in [0.25, 0.3) is 0 Å². The SMILES string of the molecule is CC(C)Oc1ncc(C#N)cc1Nc1nccc(-c2cc(C#N)c3c(c2)C(C)(CO)CN3)n1. The molecule has 0 saturated heterocycles. The molecule has 9 heteroatoms. The van der Waals surface area contributed by atoms with Gasteiger partial charge in [-0.1, -0.05) is 6.92 Å². The fourth-order valence-electron chi connectivity index (χ4n) is 3.68. The number of nitrogens with one attached hydrogen (secondary N) is 2. The predicted molar refractivity (Wildman–Crippen MR) is 123 cm³/mol. The Bertz CT molecular complexity index is 1290. The summed E-state index contributed by atoms with van der Waals surface area (Å²) in [4.78, 5) is 13.1. The topological polar surface area (TPSA) is 140 Å². The summed E-state index contributed by atoms with van der Waals surface area (Å²) in [5, 5.41) is 35.2. The van der Waals surface area contributed by atoms with Gasteiger partial charge < -0.3 is 20.5 Å². The summed E-state index contributed by atoms with van der Waals surface area (Å²) in [6, 6.07) is 11.4. The third kappa shape index (κ3) is 4.27. The molecule has 166 valence electrons. The molecule has 3 aromatic rings. The van der Waals surface area contributed by atoms with Gasteiger partial charge in [-0.2, -0.15) is 10.5 Å². The number of nitrogens with zero attached hydrogens (tertiary/aromatic N) is 5. The van der Waals surface area contributed by atoms with Crippen molar-refractivity contribution >= 4 is 17.3 Å². The van der Waals surface area contributed by atoms with Crippen molar-refractivity contribution in [1.29, 1.82) is 10.5 Å². The molecule has 0 radical (unpaired) electrons. The van der Waals surface area contributed by atoms with E-state index in [0.29, 0.717) is 40.9 Å². The van der Waals surface area contributed by atoms with Crippen LogP contribution in [0.2, 0.25) is 0 Å². The molecular weight excluding hydrogens is 418 g/mol. The summed E-state index contributed by atoms with van der Waals surface area (Å²) in [5.74, 6) is 0.632. The molecule has 1 aromatic carbocycles. The van der Waals surface area contributed by atoms with E-state index < -0.39 is 5.41 Å². The molecule has 0 amide bonds. The minimum absolute atomic E-state index is 0.0429. The molecule has 0 spiro atoms. The average Bonchev–Trinajstić information content (AvgIpc) is 3.16. The lowest BCUT2D eigenvalue weighted by Crippen LogP contribution is -2.28. The second-order valence-corrected chi connectivity index (χ2v) is 8.38. The van der Waals surface area contributed by atoms with Gasteiger partial charge in [-0.25, -0.2) is 15.0 Å². The second kappa shape index (κ2) is 8.73. The molecule has 2 aromatic heterocycles. The van der Waals surface area contributed by atoms with E-state index in [-0.39, 0.29) is 12.7 Å². The van der Waals surface area contributed by atoms with E-state index in [9.17, 15) is 15.6 Å². The van der Waals surface area contributed by atoms with Gasteiger partial charge in [0.05, 0.1) is 35.2 Å². The Morgan fingerprint density at radius 1 is 1.24 bits per heavy atom. The van der Waals surface area contributed by atoms with Gasteiger partial charge >= 0.3 is 0 Å². The van der Waals surface area contributed by atoms with E-state index in [1.54, 1.807) is 24.4 Å². The van der Waals surface area contributed by atoms with Crippen LogP contribution < -0.4 is 15.4 Å². The highest BCUT2D eigenvalue weighted by Gasteiger charge is 2.36. The van der Waals surface area contributed by atoms with Crippen LogP contribution in [0.15, 0.2) is 36.7 Å². The maximum Gasteiger partial charge on any atom is 0.238 e. The highest BCUT2D eigenvalue weighted by Crippen LogP contribution is 2.41. The summed E-state index contributed by atoms with van der Waals surface area (Å²) in [7, 11) is 0. The zero-order valence-corrected chi connectivity index (χ0v) is 18.5. The van der Waals surface area contributed by atoms with E-state index >= 15 is 0 Å². The molecule has 33 heavy (non-hydrogen) atoms. The minimum Gasteiger partial charge on any atom is -0.473 e. The van der Waals surface area contributed by atoms with Crippen molar-refractivity contribution < 1.29 is 9.84 Å². The zero-order valence-electron chi connectivity index (χ0n) is 18.5. The van der Waals surface area contributed by atoms with Crippen LogP contribution >= 0.6 is 0 Å². The lowest BCUT2D eigenvalue weighted by molar-refractivity contribution is 0.219. The quantitative estimate of drug-likeness (QED) is 0.524. The van der Waals surface area contributed by atoms with E-state index in [1.807, 2.05) is 26.8 Å². The van der Waals surface area contributed by atoms with Crippen molar-refractivity contribution in [2.45, 2.75) is 32.3 Å². The molecule has 0 bridgehead atoms. The van der Waals surface area contributed by atoms with Gasteiger partial charge in [0.15, 0.2) is 0 Å². The largest absolute Gasteiger partial charge is 0.473 e. The first kappa shape index (κ1) is 22.0. The molecule has 1 aliphatic heterocycles. The molecule has 1 unspecified atom stereocenters. The van der Waals surface area contributed by atoms with Crippen LogP contribution in [0.3, 0.4) is 0 Å². The van der Waals surface area contributed by atoms with E-state index in [0.717, 1.165) is 16.8 Å². The Labute approximate surface area is 191 Å². The summed E-state index contributed by atoms with van der Waals surface area (Å²) in [6.07, 6.45) is 2.95. The van der Waals surface area contributed by atoms with Crippen LogP contribution in [-0.2, 0) is 5.41 Å². The number of aromatic nitrogens is 3. The molecule has 1 atom stereocenters. The molecule has 1 aliphatic rings. The standard InChI is InChI=1S/C24H23N7O2/c1-14(2)33-22-20(6-15(9-25)11-28-22)31-23-27-5-4-19(30-23)16-7-17(10-26)21-18(8-16)24(3,13-32)12-29-21/h4-8,11,14,29,32H,12-13H2,1-3H3,(H,27,30,31). The van der Waals surface area contributed by atoms with Crippen LogP contribution in [0.4, 0.5) is 17.3 Å². The highest BCUT2D eigenvalue weighted by atomic mass is 16.5. The Morgan fingerprint density at radius 3 is 2.76 bits per heavy atom. The predicted octanol–water partition coefficient (Wildman–Crippen LogP) is 3.49. The number of pyridine rings is 1. The van der Waals surface area contributed by atoms with E-state index in [4.69, 9.17) is 4.74 Å². The fraction of sp³-hybridized carbons (Fsp3) is 0.292. The summed E-state index contributed by atoms with van der Waals surface area (Å²) in [5.41, 5.74) is 3.83. The van der Waals surface area contributed by atoms with Crippen LogP contribution in [0.1, 0.15) is 37.5 Å². The molecule has 9 nitrogen and oxygen atoms in total. The van der Waals surface area contributed by atoms with Crippen LogP contribution in [0.25, 0.3) is 11.3 Å². The third-order valence-corrected chi connectivity index (χ3v) is 5.44. The molecular formula is C24H23N7O2. The monoisotopic (exact) mass is 441 g/mol. The zero-order chi connectivity index (χ0) is 23.6. The number of fused-ring (bicyclic) bond motifs is 1. The molecule has 3 N–H and O–H groups in total. The fourth-order valence-corrected chi connectivity index (χ4v) is 3.68. The second-order valence-electron chi connectivity index (χ2n) is 8.38. The van der Waals surface area contributed by atoms with Gasteiger partial charge in [-0.05, 0) is 43.7 Å². The number of ether oxygens (including phenoxy) is 1. The summed E-state index contributed by atoms with van der Waals surface area (Å²) >= 11 is 0. The number of rotatable bonds is 6. The van der Waals surface area contributed by atoms with Crippen LogP contribution in [-0.4, -0.2) is 39.3 Å². The van der Waals surface area contributed by atoms with Crippen molar-refractivity contribution in [3.63, 3.8) is 0 Å². The van der Waals surface area contributed by atoms with Gasteiger partial charge in [-0.3, -0.25) is 0 Å². The van der Waals surface area contributed by atoms with Crippen molar-refractivity contribution in [2.24, 2.45) is 0 Å². The smallest absolute Gasteiger partial charge is 0.238 e. The van der Waals surface area contributed by atoms with E-state index in [2.05, 4.69) is 37.7 Å². The lowest BCUT2D eigenvalue weighted by atomic mass is 9.83. The first-order chi connectivity index (χ1) is 15.9. The van der Waals surface area contributed by atoms with Gasteiger partial charge in [-0.15, -0.1) is 0 Å². The molecule has 0 aliphatic carbocycles. The molecule has 0 fully saturated rings. The number of aliphatic hydroxyl groups excluding tert-OH is 1. The first-order valence-corrected chi connectivity index (χ1v) is 10.5. The Hall–Kier alpha value is -4.21. The summed E-state index contributed by atoms with van der Waals surface area (Å²) in [6.45, 7) is 6.23. The molecule has 4 rings (SSSR count). The summed E-state index contributed by atoms with van der Waals surface area (Å²) < 4.78 is 5.74. The Kier molecular flexibility index (Phi) is 5.82. The Balaban J connectivity index is 1.73. The van der Waals surface area contributed by atoms with Gasteiger partial charge in [0, 0.05) is 29.9 Å². The number of anilines is 3. The molecule has 0 saturated carbocycles. The van der Waals surface area contributed by atoms with Crippen LogP contribution in [0.5, 0.6) is 5.88 Å². The lowest BCUT2D eigenvalue weighted by Gasteiger charge is -2.21. The van der Waals surface area contributed by atoms with Crippen molar-refractivity contribution in [3.8, 4) is 29.3 Å². The van der Waals surface area contributed by atoms with E-state index in [1.165, 1.54) is 6.20 Å². The maximum atomic E-state index is 9.94. The number of hydrogen-bond acceptors (Lipinski definition) is 9. The highest BCUT2D eigenvalue weighted by molar-refractivity contribution is 5.76. The number of aliphatic hydroxyl groups is 1. The van der Waals surface area contributed by atoms with Crippen LogP contribution in [0, 0.1) is 22.7 Å². The third-order valence-electron chi connectivity index (χ3n) is 5.44. The molecule has 3 heterocycles. The minimum atomic E-state index is -0.489. The number of nitriles is 2.